The van der Waals surface area contributed by atoms with Gasteiger partial charge in [0, 0.05) is 43.1 Å². The van der Waals surface area contributed by atoms with Gasteiger partial charge in [-0.15, -0.1) is 0 Å². The predicted octanol–water partition coefficient (Wildman–Crippen LogP) is 3.44. The normalized spacial score (nSPS) is 15.2. The Labute approximate surface area is 153 Å². The van der Waals surface area contributed by atoms with Crippen LogP contribution in [0.2, 0.25) is 5.02 Å². The van der Waals surface area contributed by atoms with Crippen molar-refractivity contribution >= 4 is 29.0 Å². The highest BCUT2D eigenvalue weighted by atomic mass is 35.5. The van der Waals surface area contributed by atoms with E-state index in [0.717, 1.165) is 49.8 Å². The lowest BCUT2D eigenvalue weighted by Gasteiger charge is -2.34. The van der Waals surface area contributed by atoms with Crippen LogP contribution >= 0.6 is 11.6 Å². The molecule has 2 aromatic rings. The van der Waals surface area contributed by atoms with Crippen LogP contribution in [-0.4, -0.2) is 48.5 Å². The van der Waals surface area contributed by atoms with Gasteiger partial charge in [-0.25, -0.2) is 4.98 Å². The van der Waals surface area contributed by atoms with Gasteiger partial charge >= 0.3 is 0 Å². The van der Waals surface area contributed by atoms with E-state index in [1.807, 2.05) is 31.2 Å². The summed E-state index contributed by atoms with van der Waals surface area (Å²) in [6, 6.07) is 9.15. The largest absolute Gasteiger partial charge is 0.354 e. The van der Waals surface area contributed by atoms with E-state index < -0.39 is 0 Å². The van der Waals surface area contributed by atoms with Crippen LogP contribution in [0.25, 0.3) is 0 Å². The van der Waals surface area contributed by atoms with Gasteiger partial charge in [-0.2, -0.15) is 0 Å². The van der Waals surface area contributed by atoms with E-state index in [1.165, 1.54) is 0 Å². The van der Waals surface area contributed by atoms with Crippen LogP contribution in [-0.2, 0) is 0 Å². The summed E-state index contributed by atoms with van der Waals surface area (Å²) in [5, 5.41) is 3.57. The second-order valence-electron chi connectivity index (χ2n) is 6.24. The highest BCUT2D eigenvalue weighted by Crippen LogP contribution is 2.21. The molecule has 0 unspecified atom stereocenters. The van der Waals surface area contributed by atoms with Gasteiger partial charge in [0.15, 0.2) is 0 Å². The van der Waals surface area contributed by atoms with Gasteiger partial charge in [0.25, 0.3) is 5.91 Å². The Hall–Kier alpha value is -2.11. The van der Waals surface area contributed by atoms with Gasteiger partial charge in [0.1, 0.15) is 5.82 Å². The lowest BCUT2D eigenvalue weighted by Crippen LogP contribution is -2.46. The third-order valence-corrected chi connectivity index (χ3v) is 4.83. The molecule has 5 nitrogen and oxygen atoms in total. The fourth-order valence-corrected chi connectivity index (χ4v) is 3.19. The molecule has 3 rings (SSSR count). The molecule has 2 heterocycles. The number of aromatic nitrogens is 1. The summed E-state index contributed by atoms with van der Waals surface area (Å²) in [5.41, 5.74) is 2.23. The van der Waals surface area contributed by atoms with Crippen LogP contribution < -0.4 is 10.2 Å². The van der Waals surface area contributed by atoms with E-state index in [1.54, 1.807) is 12.3 Å². The molecule has 1 aliphatic rings. The van der Waals surface area contributed by atoms with Crippen LogP contribution in [0.1, 0.15) is 22.8 Å². The number of halogens is 1. The number of aryl methyl sites for hydroxylation is 1. The lowest BCUT2D eigenvalue weighted by atomic mass is 10.2. The Morgan fingerprint density at radius 3 is 2.56 bits per heavy atom. The van der Waals surface area contributed by atoms with E-state index >= 15 is 0 Å². The standard InChI is InChI=1S/C19H23ClN4O/c1-3-23-8-10-24(11-9-23)18-7-4-15(13-21-18)19(25)22-17-6-5-16(20)12-14(17)2/h4-7,12-13H,3,8-11H2,1-2H3,(H,22,25). The Morgan fingerprint density at radius 2 is 1.96 bits per heavy atom. The van der Waals surface area contributed by atoms with Gasteiger partial charge in [-0.1, -0.05) is 18.5 Å². The first-order valence-electron chi connectivity index (χ1n) is 8.57. The van der Waals surface area contributed by atoms with Crippen molar-refractivity contribution in [1.29, 1.82) is 0 Å². The van der Waals surface area contributed by atoms with E-state index in [0.29, 0.717) is 10.6 Å². The quantitative estimate of drug-likeness (QED) is 0.909. The molecule has 25 heavy (non-hydrogen) atoms. The second-order valence-corrected chi connectivity index (χ2v) is 6.68. The summed E-state index contributed by atoms with van der Waals surface area (Å²) < 4.78 is 0. The number of amides is 1. The van der Waals surface area contributed by atoms with Gasteiger partial charge in [-0.05, 0) is 49.4 Å². The van der Waals surface area contributed by atoms with Crippen LogP contribution in [0, 0.1) is 6.92 Å². The maximum atomic E-state index is 12.4. The zero-order chi connectivity index (χ0) is 17.8. The van der Waals surface area contributed by atoms with Crippen LogP contribution in [0.4, 0.5) is 11.5 Å². The van der Waals surface area contributed by atoms with Crippen molar-refractivity contribution in [2.75, 3.05) is 42.9 Å². The summed E-state index contributed by atoms with van der Waals surface area (Å²) in [7, 11) is 0. The van der Waals surface area contributed by atoms with E-state index in [-0.39, 0.29) is 5.91 Å². The first kappa shape index (κ1) is 17.7. The topological polar surface area (TPSA) is 48.5 Å². The van der Waals surface area contributed by atoms with E-state index in [4.69, 9.17) is 11.6 Å². The third kappa shape index (κ3) is 4.30. The van der Waals surface area contributed by atoms with Gasteiger partial charge in [0.2, 0.25) is 0 Å². The fraction of sp³-hybridized carbons (Fsp3) is 0.368. The molecule has 132 valence electrons. The Morgan fingerprint density at radius 1 is 1.20 bits per heavy atom. The van der Waals surface area contributed by atoms with Crippen molar-refractivity contribution in [3.8, 4) is 0 Å². The monoisotopic (exact) mass is 358 g/mol. The van der Waals surface area contributed by atoms with Crippen LogP contribution in [0.15, 0.2) is 36.5 Å². The Bertz CT molecular complexity index is 740. The molecule has 0 aliphatic carbocycles. The van der Waals surface area contributed by atoms with E-state index in [2.05, 4.69) is 27.0 Å². The van der Waals surface area contributed by atoms with E-state index in [9.17, 15) is 4.79 Å². The van der Waals surface area contributed by atoms with Crippen LogP contribution in [0.5, 0.6) is 0 Å². The summed E-state index contributed by atoms with van der Waals surface area (Å²) in [5.74, 6) is 0.759. The zero-order valence-corrected chi connectivity index (χ0v) is 15.4. The highest BCUT2D eigenvalue weighted by Gasteiger charge is 2.17. The van der Waals surface area contributed by atoms with Crippen molar-refractivity contribution in [1.82, 2.24) is 9.88 Å². The fourth-order valence-electron chi connectivity index (χ4n) is 2.96. The third-order valence-electron chi connectivity index (χ3n) is 4.59. The minimum Gasteiger partial charge on any atom is -0.354 e. The highest BCUT2D eigenvalue weighted by molar-refractivity contribution is 6.30. The van der Waals surface area contributed by atoms with Gasteiger partial charge < -0.3 is 15.1 Å². The number of benzene rings is 1. The number of likely N-dealkylation sites (N-methyl/N-ethyl adjacent to an activating group) is 1. The number of hydrogen-bond donors (Lipinski definition) is 1. The molecule has 0 spiro atoms. The zero-order valence-electron chi connectivity index (χ0n) is 14.6. The Kier molecular flexibility index (Phi) is 5.56. The minimum atomic E-state index is -0.166. The summed E-state index contributed by atoms with van der Waals surface area (Å²) >= 11 is 5.95. The number of carbonyl (C=O) groups excluding carboxylic acids is 1. The van der Waals surface area contributed by atoms with Gasteiger partial charge in [-0.3, -0.25) is 4.79 Å². The molecule has 1 aromatic heterocycles. The first-order valence-corrected chi connectivity index (χ1v) is 8.95. The van der Waals surface area contributed by atoms with Crippen molar-refractivity contribution in [3.63, 3.8) is 0 Å². The number of carbonyl (C=O) groups is 1. The molecule has 0 atom stereocenters. The smallest absolute Gasteiger partial charge is 0.257 e. The molecule has 1 amide bonds. The number of piperazine rings is 1. The predicted molar refractivity (Wildman–Crippen MR) is 103 cm³/mol. The summed E-state index contributed by atoms with van der Waals surface area (Å²) in [6.07, 6.45) is 1.64. The SMILES string of the molecule is CCN1CCN(c2ccc(C(=O)Nc3ccc(Cl)cc3C)cn2)CC1. The summed E-state index contributed by atoms with van der Waals surface area (Å²) in [4.78, 5) is 21.6. The molecule has 1 N–H and O–H groups in total. The molecule has 1 fully saturated rings. The second kappa shape index (κ2) is 7.85. The number of pyridine rings is 1. The number of anilines is 2. The van der Waals surface area contributed by atoms with Crippen molar-refractivity contribution in [2.45, 2.75) is 13.8 Å². The molecule has 1 aromatic carbocycles. The first-order chi connectivity index (χ1) is 12.1. The number of nitrogens with one attached hydrogen (secondary N) is 1. The average Bonchev–Trinajstić information content (AvgIpc) is 2.64. The minimum absolute atomic E-state index is 0.166. The maximum absolute atomic E-state index is 12.4. The average molecular weight is 359 g/mol. The molecular weight excluding hydrogens is 336 g/mol. The molecule has 0 saturated carbocycles. The molecule has 6 heteroatoms. The summed E-state index contributed by atoms with van der Waals surface area (Å²) in [6.45, 7) is 9.23. The molecule has 0 radical (unpaired) electrons. The number of rotatable bonds is 4. The van der Waals surface area contributed by atoms with Gasteiger partial charge in [0.05, 0.1) is 5.56 Å². The Balaban J connectivity index is 1.64. The molecule has 0 bridgehead atoms. The lowest BCUT2D eigenvalue weighted by molar-refractivity contribution is 0.102. The maximum Gasteiger partial charge on any atom is 0.257 e. The number of nitrogens with zero attached hydrogens (tertiary/aromatic N) is 3. The number of hydrogen-bond acceptors (Lipinski definition) is 4. The molecule has 1 saturated heterocycles. The molecular formula is C19H23ClN4O. The van der Waals surface area contributed by atoms with Crippen LogP contribution in [0.3, 0.4) is 0 Å². The van der Waals surface area contributed by atoms with Crippen molar-refractivity contribution in [2.24, 2.45) is 0 Å². The van der Waals surface area contributed by atoms with Crippen molar-refractivity contribution < 1.29 is 4.79 Å². The van der Waals surface area contributed by atoms with Crippen molar-refractivity contribution in [3.05, 3.63) is 52.7 Å². The molecule has 1 aliphatic heterocycles.